The maximum absolute atomic E-state index is 14.4. The molecular formula is C41H57N7O8S. The van der Waals surface area contributed by atoms with Crippen molar-refractivity contribution in [3.63, 3.8) is 0 Å². The van der Waals surface area contributed by atoms with Crippen LogP contribution in [0.1, 0.15) is 63.6 Å². The Kier molecular flexibility index (Phi) is 16.5. The number of aliphatic hydroxyl groups is 1. The number of nitroso groups, excluding NO2 is 1. The van der Waals surface area contributed by atoms with Gasteiger partial charge in [0, 0.05) is 32.7 Å². The first-order valence-corrected chi connectivity index (χ1v) is 20.9. The van der Waals surface area contributed by atoms with Gasteiger partial charge in [0.1, 0.15) is 12.6 Å². The molecule has 4 atom stereocenters. The lowest BCUT2D eigenvalue weighted by Crippen LogP contribution is -2.57. The molecule has 0 radical (unpaired) electrons. The van der Waals surface area contributed by atoms with Crippen LogP contribution in [0.15, 0.2) is 82.9 Å². The molecule has 1 aliphatic heterocycles. The first-order chi connectivity index (χ1) is 27.2. The molecule has 0 unspecified atom stereocenters. The second-order valence-electron chi connectivity index (χ2n) is 14.9. The number of hydrogen-bond acceptors (Lipinski definition) is 10. The van der Waals surface area contributed by atoms with E-state index in [0.29, 0.717) is 43.0 Å². The van der Waals surface area contributed by atoms with Crippen molar-refractivity contribution in [3.8, 4) is 0 Å². The predicted molar refractivity (Wildman–Crippen MR) is 216 cm³/mol. The van der Waals surface area contributed by atoms with E-state index in [4.69, 9.17) is 4.74 Å². The molecule has 4 rings (SSSR count). The third kappa shape index (κ3) is 12.0. The van der Waals surface area contributed by atoms with Gasteiger partial charge in [0.25, 0.3) is 0 Å². The number of aliphatic hydroxyl groups excluding tert-OH is 1. The highest BCUT2D eigenvalue weighted by molar-refractivity contribution is 7.89. The van der Waals surface area contributed by atoms with Crippen LogP contribution in [0, 0.1) is 16.7 Å². The summed E-state index contributed by atoms with van der Waals surface area (Å²) in [4.78, 5) is 60.7. The smallest absolute Gasteiger partial charge is 0.409 e. The van der Waals surface area contributed by atoms with E-state index in [1.165, 1.54) is 40.6 Å². The van der Waals surface area contributed by atoms with Crippen LogP contribution in [0.4, 0.5) is 9.59 Å². The van der Waals surface area contributed by atoms with Gasteiger partial charge in [-0.05, 0) is 60.6 Å². The largest absolute Gasteiger partial charge is 0.453 e. The number of hydrogen-bond donors (Lipinski definition) is 2. The number of carbonyl (C=O) groups is 3. The number of methoxy groups -OCH3 is 1. The van der Waals surface area contributed by atoms with Gasteiger partial charge >= 0.3 is 12.1 Å². The van der Waals surface area contributed by atoms with Crippen LogP contribution in [-0.2, 0) is 45.6 Å². The lowest BCUT2D eigenvalue weighted by atomic mass is 9.95. The minimum Gasteiger partial charge on any atom is -0.453 e. The molecule has 2 heterocycles. The molecule has 0 bridgehead atoms. The summed E-state index contributed by atoms with van der Waals surface area (Å²) in [6.07, 6.45) is -0.992. The third-order valence-corrected chi connectivity index (χ3v) is 12.0. The number of sulfonamides is 1. The van der Waals surface area contributed by atoms with Crippen LogP contribution in [0.25, 0.3) is 0 Å². The van der Waals surface area contributed by atoms with Crippen molar-refractivity contribution in [1.82, 2.24) is 29.3 Å². The van der Waals surface area contributed by atoms with Gasteiger partial charge in [-0.15, -0.1) is 0 Å². The van der Waals surface area contributed by atoms with Crippen LogP contribution in [0.5, 0.6) is 0 Å². The topological polar surface area (TPSA) is 182 Å². The first kappa shape index (κ1) is 44.8. The average molecular weight is 808 g/mol. The molecule has 1 aliphatic rings. The number of ether oxygens (including phenoxy) is 1. The lowest BCUT2D eigenvalue weighted by Gasteiger charge is -2.35. The highest BCUT2D eigenvalue weighted by Gasteiger charge is 2.41. The van der Waals surface area contributed by atoms with Gasteiger partial charge in [-0.25, -0.2) is 18.0 Å². The quantitative estimate of drug-likeness (QED) is 0.140. The van der Waals surface area contributed by atoms with E-state index in [1.54, 1.807) is 15.9 Å². The number of nitrogens with zero attached hydrogens (tertiary/aromatic N) is 6. The molecule has 16 heteroatoms. The number of aromatic nitrogens is 1. The lowest BCUT2D eigenvalue weighted by molar-refractivity contribution is -0.128. The third-order valence-electron chi connectivity index (χ3n) is 10.2. The Hall–Kier alpha value is -4.93. The number of carbonyl (C=O) groups excluding carboxylic acids is 3. The minimum atomic E-state index is -4.09. The summed E-state index contributed by atoms with van der Waals surface area (Å²) < 4.78 is 34.0. The van der Waals surface area contributed by atoms with E-state index >= 15 is 0 Å². The fourth-order valence-corrected chi connectivity index (χ4v) is 8.51. The van der Waals surface area contributed by atoms with Crippen LogP contribution in [0.2, 0.25) is 0 Å². The number of nitrogens with one attached hydrogen (secondary N) is 1. The summed E-state index contributed by atoms with van der Waals surface area (Å²) in [6, 6.07) is 18.6. The summed E-state index contributed by atoms with van der Waals surface area (Å²) in [7, 11) is -2.77. The fourth-order valence-electron chi connectivity index (χ4n) is 6.89. The van der Waals surface area contributed by atoms with E-state index in [2.05, 4.69) is 15.5 Å². The van der Waals surface area contributed by atoms with Crippen LogP contribution >= 0.6 is 0 Å². The molecule has 4 amide bonds. The van der Waals surface area contributed by atoms with Crippen LogP contribution < -0.4 is 5.32 Å². The Labute approximate surface area is 336 Å². The molecule has 1 fully saturated rings. The highest BCUT2D eigenvalue weighted by atomic mass is 32.2. The van der Waals surface area contributed by atoms with Crippen molar-refractivity contribution in [2.75, 3.05) is 39.8 Å². The number of rotatable bonds is 21. The fraction of sp³-hybridized carbons (Fsp3) is 0.512. The second-order valence-corrected chi connectivity index (χ2v) is 16.8. The van der Waals surface area contributed by atoms with Crippen LogP contribution in [0.3, 0.4) is 0 Å². The Bertz CT molecular complexity index is 1900. The maximum atomic E-state index is 14.4. The van der Waals surface area contributed by atoms with Crippen molar-refractivity contribution in [2.24, 2.45) is 17.0 Å². The van der Waals surface area contributed by atoms with Crippen molar-refractivity contribution in [3.05, 3.63) is 100 Å². The zero-order valence-corrected chi connectivity index (χ0v) is 34.6. The normalized spacial score (nSPS) is 15.4. The molecule has 2 N–H and O–H groups in total. The summed E-state index contributed by atoms with van der Waals surface area (Å²) >= 11 is 0. The summed E-state index contributed by atoms with van der Waals surface area (Å²) in [5.74, 6) is -0.784. The molecule has 3 aromatic rings. The van der Waals surface area contributed by atoms with E-state index in [9.17, 15) is 32.8 Å². The second kappa shape index (κ2) is 21.0. The van der Waals surface area contributed by atoms with E-state index < -0.39 is 40.2 Å². The molecule has 1 saturated heterocycles. The highest BCUT2D eigenvalue weighted by Crippen LogP contribution is 2.24. The van der Waals surface area contributed by atoms with Gasteiger partial charge in [0.05, 0.1) is 48.6 Å². The number of benzene rings is 2. The van der Waals surface area contributed by atoms with Crippen molar-refractivity contribution < 1.29 is 32.6 Å². The van der Waals surface area contributed by atoms with Gasteiger partial charge in [0.15, 0.2) is 0 Å². The zero-order chi connectivity index (χ0) is 41.7. The molecule has 1 aromatic heterocycles. The standard InChI is InChI=1S/C41H57N7O8S/c1-7-30(5)38(48-22-21-46(40(48)51)27-34-16-12-15-33(43-34)26-45(8-2)41(52)56-6)39(50)44-36(23-31-13-10-9-11-14-31)37(49)28-47(25-29(3)4)57(54,55)35-19-17-32(18-20-35)24-42-53/h9-20,29-30,36-38,49H,7-8,21-28H2,1-6H3,(H,44,50)/t30-,36-,37+,38-/m0/s1. The minimum absolute atomic E-state index is 0.00799. The zero-order valence-electron chi connectivity index (χ0n) is 33.8. The molecule has 2 aromatic carbocycles. The maximum Gasteiger partial charge on any atom is 0.409 e. The number of urea groups is 1. The van der Waals surface area contributed by atoms with E-state index in [0.717, 1.165) is 5.56 Å². The number of amides is 4. The predicted octanol–water partition coefficient (Wildman–Crippen LogP) is 5.02. The van der Waals surface area contributed by atoms with Gasteiger partial charge in [-0.3, -0.25) is 9.78 Å². The SMILES string of the molecule is CC[C@H](C)[C@@H](C(=O)N[C@@H](Cc1ccccc1)[C@H](O)CN(CC(C)C)S(=O)(=O)c1ccc(CN=O)cc1)N1CCN(Cc2cccc(CN(CC)C(=O)OC)n2)C1=O. The molecule has 0 aliphatic carbocycles. The Morgan fingerprint density at radius 1 is 0.947 bits per heavy atom. The van der Waals surface area contributed by atoms with Gasteiger partial charge in [-0.1, -0.05) is 87.8 Å². The Morgan fingerprint density at radius 3 is 2.25 bits per heavy atom. The van der Waals surface area contributed by atoms with Crippen molar-refractivity contribution in [2.45, 2.75) is 90.2 Å². The van der Waals surface area contributed by atoms with Crippen molar-refractivity contribution >= 4 is 28.1 Å². The Balaban J connectivity index is 1.56. The molecule has 310 valence electrons. The average Bonchev–Trinajstić information content (AvgIpc) is 3.54. The van der Waals surface area contributed by atoms with Crippen LogP contribution in [-0.4, -0.2) is 114 Å². The number of pyridine rings is 1. The summed E-state index contributed by atoms with van der Waals surface area (Å²) in [5.41, 5.74) is 2.68. The summed E-state index contributed by atoms with van der Waals surface area (Å²) in [5, 5.41) is 17.8. The molecule has 0 spiro atoms. The molecule has 57 heavy (non-hydrogen) atoms. The first-order valence-electron chi connectivity index (χ1n) is 19.5. The summed E-state index contributed by atoms with van der Waals surface area (Å²) in [6.45, 7) is 10.7. The van der Waals surface area contributed by atoms with Gasteiger partial charge < -0.3 is 29.9 Å². The molecular weight excluding hydrogens is 751 g/mol. The van der Waals surface area contributed by atoms with Crippen molar-refractivity contribution in [1.29, 1.82) is 0 Å². The van der Waals surface area contributed by atoms with Gasteiger partial charge in [0.2, 0.25) is 15.9 Å². The Morgan fingerprint density at radius 2 is 1.63 bits per heavy atom. The molecule has 0 saturated carbocycles. The van der Waals surface area contributed by atoms with E-state index in [1.807, 2.05) is 77.1 Å². The molecule has 15 nitrogen and oxygen atoms in total. The van der Waals surface area contributed by atoms with E-state index in [-0.39, 0.29) is 61.9 Å². The van der Waals surface area contributed by atoms with Gasteiger partial charge in [-0.2, -0.15) is 9.21 Å². The monoisotopic (exact) mass is 807 g/mol.